The SMILES string of the molecule is Cc1cc(C(=O)N[C@@H]2CC[C@H](C(F)(F)F)N(C)C2)co1. The van der Waals surface area contributed by atoms with Crippen LogP contribution in [0.1, 0.15) is 29.0 Å². The van der Waals surface area contributed by atoms with E-state index in [0.717, 1.165) is 0 Å². The molecule has 2 atom stereocenters. The number of furan rings is 1. The van der Waals surface area contributed by atoms with Crippen molar-refractivity contribution in [3.8, 4) is 0 Å². The predicted octanol–water partition coefficient (Wildman–Crippen LogP) is 2.34. The number of amides is 1. The van der Waals surface area contributed by atoms with Crippen molar-refractivity contribution in [3.05, 3.63) is 23.7 Å². The lowest BCUT2D eigenvalue weighted by molar-refractivity contribution is -0.188. The quantitative estimate of drug-likeness (QED) is 0.909. The van der Waals surface area contributed by atoms with Gasteiger partial charge in [-0.2, -0.15) is 13.2 Å². The molecule has 0 bridgehead atoms. The molecule has 1 aromatic rings. The van der Waals surface area contributed by atoms with Gasteiger partial charge in [0, 0.05) is 12.6 Å². The third-order valence-electron chi connectivity index (χ3n) is 3.53. The number of nitrogens with zero attached hydrogens (tertiary/aromatic N) is 1. The number of alkyl halides is 3. The number of rotatable bonds is 2. The lowest BCUT2D eigenvalue weighted by atomic mass is 9.98. The van der Waals surface area contributed by atoms with Gasteiger partial charge in [-0.15, -0.1) is 0 Å². The lowest BCUT2D eigenvalue weighted by Crippen LogP contribution is -2.54. The summed E-state index contributed by atoms with van der Waals surface area (Å²) in [6, 6.07) is -0.103. The summed E-state index contributed by atoms with van der Waals surface area (Å²) in [4.78, 5) is 13.1. The molecule has 0 spiro atoms. The Bertz CT molecular complexity index is 484. The van der Waals surface area contributed by atoms with E-state index in [1.54, 1.807) is 13.0 Å². The molecule has 0 saturated carbocycles. The predicted molar refractivity (Wildman–Crippen MR) is 66.4 cm³/mol. The summed E-state index contributed by atoms with van der Waals surface area (Å²) in [5.74, 6) is 0.304. The van der Waals surface area contributed by atoms with Gasteiger partial charge in [0.2, 0.25) is 0 Å². The number of halogens is 3. The molecule has 1 aromatic heterocycles. The Morgan fingerprint density at radius 3 is 2.65 bits per heavy atom. The summed E-state index contributed by atoms with van der Waals surface area (Å²) < 4.78 is 43.2. The van der Waals surface area contributed by atoms with Crippen molar-refractivity contribution in [1.29, 1.82) is 0 Å². The summed E-state index contributed by atoms with van der Waals surface area (Å²) in [6.07, 6.45) is -2.56. The number of carbonyl (C=O) groups is 1. The first kappa shape index (κ1) is 14.9. The highest BCUT2D eigenvalue weighted by Gasteiger charge is 2.44. The minimum atomic E-state index is -4.22. The van der Waals surface area contributed by atoms with Crippen LogP contribution in [0.5, 0.6) is 0 Å². The molecule has 1 amide bonds. The van der Waals surface area contributed by atoms with Crippen molar-refractivity contribution >= 4 is 5.91 Å². The van der Waals surface area contributed by atoms with Gasteiger partial charge < -0.3 is 9.73 Å². The second-order valence-electron chi connectivity index (χ2n) is 5.19. The molecule has 112 valence electrons. The number of likely N-dealkylation sites (tertiary alicyclic amines) is 1. The summed E-state index contributed by atoms with van der Waals surface area (Å²) in [6.45, 7) is 1.91. The maximum atomic E-state index is 12.7. The molecule has 0 aliphatic carbocycles. The summed E-state index contributed by atoms with van der Waals surface area (Å²) in [7, 11) is 1.43. The van der Waals surface area contributed by atoms with E-state index in [2.05, 4.69) is 5.32 Å². The maximum absolute atomic E-state index is 12.7. The van der Waals surface area contributed by atoms with Crippen LogP contribution < -0.4 is 5.32 Å². The molecule has 0 aromatic carbocycles. The molecule has 1 aliphatic rings. The van der Waals surface area contributed by atoms with Crippen LogP contribution >= 0.6 is 0 Å². The maximum Gasteiger partial charge on any atom is 0.404 e. The second-order valence-corrected chi connectivity index (χ2v) is 5.19. The fourth-order valence-corrected chi connectivity index (χ4v) is 2.51. The zero-order chi connectivity index (χ0) is 14.9. The molecule has 1 saturated heterocycles. The van der Waals surface area contributed by atoms with Crippen LogP contribution in [0, 0.1) is 6.92 Å². The molecule has 1 fully saturated rings. The minimum absolute atomic E-state index is 0.00460. The number of likely N-dealkylation sites (N-methyl/N-ethyl adjacent to an activating group) is 1. The van der Waals surface area contributed by atoms with E-state index < -0.39 is 12.2 Å². The van der Waals surface area contributed by atoms with Crippen LogP contribution in [-0.4, -0.2) is 42.7 Å². The zero-order valence-corrected chi connectivity index (χ0v) is 11.3. The van der Waals surface area contributed by atoms with Crippen LogP contribution in [0.3, 0.4) is 0 Å². The fraction of sp³-hybridized carbons (Fsp3) is 0.615. The van der Waals surface area contributed by atoms with Crippen molar-refractivity contribution in [2.24, 2.45) is 0 Å². The van der Waals surface area contributed by atoms with Crippen molar-refractivity contribution in [1.82, 2.24) is 10.2 Å². The van der Waals surface area contributed by atoms with Crippen LogP contribution in [0.15, 0.2) is 16.7 Å². The van der Waals surface area contributed by atoms with Crippen molar-refractivity contribution in [2.45, 2.75) is 38.0 Å². The van der Waals surface area contributed by atoms with E-state index in [1.807, 2.05) is 0 Å². The number of carbonyl (C=O) groups excluding carboxylic acids is 1. The molecule has 1 aliphatic heterocycles. The van der Waals surface area contributed by atoms with Gasteiger partial charge in [-0.1, -0.05) is 0 Å². The average Bonchev–Trinajstić information content (AvgIpc) is 2.74. The Labute approximate surface area is 114 Å². The first-order chi connectivity index (χ1) is 9.27. The number of hydrogen-bond acceptors (Lipinski definition) is 3. The number of piperidine rings is 1. The van der Waals surface area contributed by atoms with Crippen LogP contribution in [0.25, 0.3) is 0 Å². The van der Waals surface area contributed by atoms with Gasteiger partial charge in [0.25, 0.3) is 5.91 Å². The molecule has 1 N–H and O–H groups in total. The molecule has 2 rings (SSSR count). The molecule has 0 radical (unpaired) electrons. The van der Waals surface area contributed by atoms with Crippen LogP contribution in [0.2, 0.25) is 0 Å². The number of hydrogen-bond donors (Lipinski definition) is 1. The third-order valence-corrected chi connectivity index (χ3v) is 3.53. The summed E-state index contributed by atoms with van der Waals surface area (Å²) in [5.41, 5.74) is 0.392. The minimum Gasteiger partial charge on any atom is -0.469 e. The largest absolute Gasteiger partial charge is 0.469 e. The summed E-state index contributed by atoms with van der Waals surface area (Å²) in [5, 5.41) is 2.74. The Kier molecular flexibility index (Phi) is 4.08. The molecule has 2 heterocycles. The normalized spacial score (nSPS) is 24.6. The topological polar surface area (TPSA) is 45.5 Å². The van der Waals surface area contributed by atoms with Gasteiger partial charge in [0.15, 0.2) is 0 Å². The monoisotopic (exact) mass is 290 g/mol. The molecular formula is C13H17F3N2O2. The fourth-order valence-electron chi connectivity index (χ4n) is 2.51. The zero-order valence-electron chi connectivity index (χ0n) is 11.3. The molecule has 4 nitrogen and oxygen atoms in total. The highest BCUT2D eigenvalue weighted by Crippen LogP contribution is 2.30. The summed E-state index contributed by atoms with van der Waals surface area (Å²) >= 11 is 0. The van der Waals surface area contributed by atoms with Gasteiger partial charge in [-0.25, -0.2) is 0 Å². The highest BCUT2D eigenvalue weighted by molar-refractivity contribution is 5.94. The Hall–Kier alpha value is -1.50. The third kappa shape index (κ3) is 3.33. The molecule has 0 unspecified atom stereocenters. The molecule has 7 heteroatoms. The van der Waals surface area contributed by atoms with Crippen molar-refractivity contribution in [2.75, 3.05) is 13.6 Å². The molecular weight excluding hydrogens is 273 g/mol. The lowest BCUT2D eigenvalue weighted by Gasteiger charge is -2.38. The van der Waals surface area contributed by atoms with Crippen LogP contribution in [-0.2, 0) is 0 Å². The Balaban J connectivity index is 1.92. The van der Waals surface area contributed by atoms with E-state index in [4.69, 9.17) is 4.42 Å². The van der Waals surface area contributed by atoms with Crippen LogP contribution in [0.4, 0.5) is 13.2 Å². The van der Waals surface area contributed by atoms with Gasteiger partial charge in [-0.05, 0) is 32.9 Å². The first-order valence-electron chi connectivity index (χ1n) is 6.40. The van der Waals surface area contributed by atoms with E-state index in [0.29, 0.717) is 17.7 Å². The van der Waals surface area contributed by atoms with Gasteiger partial charge in [-0.3, -0.25) is 9.69 Å². The van der Waals surface area contributed by atoms with Crippen molar-refractivity contribution < 1.29 is 22.4 Å². The van der Waals surface area contributed by atoms with Crippen molar-refractivity contribution in [3.63, 3.8) is 0 Å². The molecule has 20 heavy (non-hydrogen) atoms. The van der Waals surface area contributed by atoms with E-state index in [-0.39, 0.29) is 24.9 Å². The van der Waals surface area contributed by atoms with E-state index in [9.17, 15) is 18.0 Å². The Morgan fingerprint density at radius 1 is 1.45 bits per heavy atom. The van der Waals surface area contributed by atoms with Gasteiger partial charge in [0.1, 0.15) is 18.1 Å². The number of aryl methyl sites for hydroxylation is 1. The standard InChI is InChI=1S/C13H17F3N2O2/c1-8-5-9(7-20-8)12(19)17-10-3-4-11(13(14,15)16)18(2)6-10/h5,7,10-11H,3-4,6H2,1-2H3,(H,17,19)/t10-,11-/m1/s1. The first-order valence-corrected chi connectivity index (χ1v) is 6.40. The smallest absolute Gasteiger partial charge is 0.404 e. The van der Waals surface area contributed by atoms with Gasteiger partial charge in [0.05, 0.1) is 5.56 Å². The highest BCUT2D eigenvalue weighted by atomic mass is 19.4. The average molecular weight is 290 g/mol. The Morgan fingerprint density at radius 2 is 2.15 bits per heavy atom. The number of nitrogens with one attached hydrogen (secondary N) is 1. The van der Waals surface area contributed by atoms with Gasteiger partial charge >= 0.3 is 6.18 Å². The second kappa shape index (κ2) is 5.47. The van der Waals surface area contributed by atoms with E-state index in [1.165, 1.54) is 18.2 Å². The van der Waals surface area contributed by atoms with E-state index >= 15 is 0 Å².